The van der Waals surface area contributed by atoms with Crippen molar-refractivity contribution in [2.24, 2.45) is 5.92 Å². The summed E-state index contributed by atoms with van der Waals surface area (Å²) in [6, 6.07) is 7.60. The van der Waals surface area contributed by atoms with E-state index in [9.17, 15) is 9.59 Å². The summed E-state index contributed by atoms with van der Waals surface area (Å²) in [5, 5.41) is 11.5. The fourth-order valence-electron chi connectivity index (χ4n) is 2.12. The van der Waals surface area contributed by atoms with Crippen molar-refractivity contribution in [2.75, 3.05) is 18.0 Å². The summed E-state index contributed by atoms with van der Waals surface area (Å²) >= 11 is 0. The molecule has 116 valence electrons. The molecule has 5 heteroatoms. The molecular formula is C16H24N2O3. The topological polar surface area (TPSA) is 69.6 Å². The van der Waals surface area contributed by atoms with Crippen LogP contribution in [0.2, 0.25) is 0 Å². The van der Waals surface area contributed by atoms with E-state index in [1.165, 1.54) is 0 Å². The number of nitrogens with one attached hydrogen (secondary N) is 1. The number of aryl methyl sites for hydroxylation is 1. The first-order chi connectivity index (χ1) is 9.95. The number of rotatable bonds is 7. The van der Waals surface area contributed by atoms with Crippen molar-refractivity contribution in [3.05, 3.63) is 29.8 Å². The minimum Gasteiger partial charge on any atom is -0.481 e. The molecule has 0 aliphatic carbocycles. The van der Waals surface area contributed by atoms with Gasteiger partial charge in [-0.3, -0.25) is 9.69 Å². The molecule has 0 aliphatic rings. The Labute approximate surface area is 126 Å². The summed E-state index contributed by atoms with van der Waals surface area (Å²) in [6.45, 7) is 6.91. The van der Waals surface area contributed by atoms with Gasteiger partial charge in [-0.25, -0.2) is 4.79 Å². The number of benzene rings is 1. The number of urea groups is 1. The van der Waals surface area contributed by atoms with Crippen LogP contribution in [0.25, 0.3) is 0 Å². The highest BCUT2D eigenvalue weighted by Gasteiger charge is 2.16. The third-order valence-electron chi connectivity index (χ3n) is 3.42. The predicted octanol–water partition coefficient (Wildman–Crippen LogP) is 3.03. The number of carbonyl (C=O) groups excluding carboxylic acids is 1. The Morgan fingerprint density at radius 1 is 1.33 bits per heavy atom. The van der Waals surface area contributed by atoms with E-state index in [-0.39, 0.29) is 18.4 Å². The van der Waals surface area contributed by atoms with Gasteiger partial charge in [0.15, 0.2) is 0 Å². The molecule has 0 aromatic heterocycles. The third-order valence-corrected chi connectivity index (χ3v) is 3.42. The normalized spacial score (nSPS) is 11.8. The lowest BCUT2D eigenvalue weighted by atomic mass is 10.1. The van der Waals surface area contributed by atoms with Crippen LogP contribution in [0, 0.1) is 12.8 Å². The first kappa shape index (κ1) is 17.0. The average Bonchev–Trinajstić information content (AvgIpc) is 2.45. The maximum atomic E-state index is 12.3. The zero-order valence-corrected chi connectivity index (χ0v) is 12.9. The predicted molar refractivity (Wildman–Crippen MR) is 83.6 cm³/mol. The Bertz CT molecular complexity index is 488. The van der Waals surface area contributed by atoms with Crippen molar-refractivity contribution >= 4 is 17.7 Å². The van der Waals surface area contributed by atoms with Crippen LogP contribution in [0.4, 0.5) is 10.5 Å². The van der Waals surface area contributed by atoms with E-state index in [2.05, 4.69) is 5.32 Å². The smallest absolute Gasteiger partial charge is 0.321 e. The zero-order chi connectivity index (χ0) is 15.8. The third kappa shape index (κ3) is 5.45. The van der Waals surface area contributed by atoms with Gasteiger partial charge in [0, 0.05) is 25.2 Å². The molecule has 1 aromatic carbocycles. The van der Waals surface area contributed by atoms with Crippen LogP contribution < -0.4 is 10.2 Å². The summed E-state index contributed by atoms with van der Waals surface area (Å²) < 4.78 is 0. The van der Waals surface area contributed by atoms with Crippen molar-refractivity contribution in [3.8, 4) is 0 Å². The number of para-hydroxylation sites is 1. The number of amides is 2. The van der Waals surface area contributed by atoms with Gasteiger partial charge in [0.25, 0.3) is 0 Å². The Morgan fingerprint density at radius 3 is 2.57 bits per heavy atom. The van der Waals surface area contributed by atoms with Crippen molar-refractivity contribution in [1.29, 1.82) is 0 Å². The number of anilines is 1. The molecule has 1 rings (SSSR count). The van der Waals surface area contributed by atoms with Gasteiger partial charge in [-0.1, -0.05) is 25.1 Å². The van der Waals surface area contributed by atoms with Crippen LogP contribution in [0.1, 0.15) is 32.3 Å². The van der Waals surface area contributed by atoms with E-state index in [1.807, 2.05) is 45.0 Å². The lowest BCUT2D eigenvalue weighted by molar-refractivity contribution is -0.137. The second kappa shape index (κ2) is 8.29. The summed E-state index contributed by atoms with van der Waals surface area (Å²) in [7, 11) is 0. The van der Waals surface area contributed by atoms with Crippen LogP contribution in [0.3, 0.4) is 0 Å². The van der Waals surface area contributed by atoms with Gasteiger partial charge in [0.1, 0.15) is 0 Å². The fourth-order valence-corrected chi connectivity index (χ4v) is 2.12. The van der Waals surface area contributed by atoms with Crippen LogP contribution in [-0.2, 0) is 4.79 Å². The van der Waals surface area contributed by atoms with Gasteiger partial charge >= 0.3 is 12.0 Å². The van der Waals surface area contributed by atoms with Crippen LogP contribution >= 0.6 is 0 Å². The van der Waals surface area contributed by atoms with Crippen LogP contribution in [0.5, 0.6) is 0 Å². The van der Waals surface area contributed by atoms with Gasteiger partial charge in [0.05, 0.1) is 0 Å². The second-order valence-corrected chi connectivity index (χ2v) is 5.25. The van der Waals surface area contributed by atoms with Crippen LogP contribution in [0.15, 0.2) is 24.3 Å². The van der Waals surface area contributed by atoms with Crippen molar-refractivity contribution in [2.45, 2.75) is 33.6 Å². The van der Waals surface area contributed by atoms with E-state index in [0.717, 1.165) is 11.3 Å². The largest absolute Gasteiger partial charge is 0.481 e. The summed E-state index contributed by atoms with van der Waals surface area (Å²) in [5.41, 5.74) is 1.95. The lowest BCUT2D eigenvalue weighted by Gasteiger charge is -2.24. The van der Waals surface area contributed by atoms with Crippen LogP contribution in [-0.4, -0.2) is 30.2 Å². The monoisotopic (exact) mass is 292 g/mol. The molecule has 2 amide bonds. The van der Waals surface area contributed by atoms with Gasteiger partial charge < -0.3 is 10.4 Å². The molecule has 0 aliphatic heterocycles. The number of aliphatic carboxylic acids is 1. The highest BCUT2D eigenvalue weighted by Crippen LogP contribution is 2.19. The number of hydrogen-bond acceptors (Lipinski definition) is 2. The summed E-state index contributed by atoms with van der Waals surface area (Å²) in [4.78, 5) is 24.5. The first-order valence-corrected chi connectivity index (χ1v) is 7.28. The molecule has 1 aromatic rings. The van der Waals surface area contributed by atoms with E-state index in [4.69, 9.17) is 5.11 Å². The van der Waals surface area contributed by atoms with E-state index in [1.54, 1.807) is 4.90 Å². The Kier molecular flexibility index (Phi) is 6.72. The van der Waals surface area contributed by atoms with Crippen molar-refractivity contribution < 1.29 is 14.7 Å². The molecule has 0 heterocycles. The molecule has 2 N–H and O–H groups in total. The highest BCUT2D eigenvalue weighted by atomic mass is 16.4. The van der Waals surface area contributed by atoms with E-state index in [0.29, 0.717) is 19.5 Å². The first-order valence-electron chi connectivity index (χ1n) is 7.28. The number of carbonyl (C=O) groups is 2. The Morgan fingerprint density at radius 2 is 2.00 bits per heavy atom. The minimum atomic E-state index is -0.803. The molecular weight excluding hydrogens is 268 g/mol. The minimum absolute atomic E-state index is 0.131. The van der Waals surface area contributed by atoms with Crippen molar-refractivity contribution in [1.82, 2.24) is 5.32 Å². The van der Waals surface area contributed by atoms with Gasteiger partial charge in [0.2, 0.25) is 0 Å². The maximum Gasteiger partial charge on any atom is 0.321 e. The molecule has 0 fully saturated rings. The van der Waals surface area contributed by atoms with Gasteiger partial charge in [-0.05, 0) is 37.8 Å². The molecule has 0 bridgehead atoms. The Hall–Kier alpha value is -2.04. The Balaban J connectivity index is 2.56. The number of carboxylic acids is 1. The second-order valence-electron chi connectivity index (χ2n) is 5.25. The lowest BCUT2D eigenvalue weighted by Crippen LogP contribution is -2.42. The van der Waals surface area contributed by atoms with Gasteiger partial charge in [-0.2, -0.15) is 0 Å². The molecule has 1 atom stereocenters. The fraction of sp³-hybridized carbons (Fsp3) is 0.500. The molecule has 1 unspecified atom stereocenters. The molecule has 21 heavy (non-hydrogen) atoms. The molecule has 5 nitrogen and oxygen atoms in total. The summed E-state index contributed by atoms with van der Waals surface area (Å²) in [5.74, 6) is -0.663. The van der Waals surface area contributed by atoms with Gasteiger partial charge in [-0.15, -0.1) is 0 Å². The molecule has 0 spiro atoms. The van der Waals surface area contributed by atoms with Crippen molar-refractivity contribution in [3.63, 3.8) is 0 Å². The number of hydrogen-bond donors (Lipinski definition) is 2. The molecule has 0 saturated carbocycles. The number of carboxylic acid groups (broad SMARTS) is 1. The zero-order valence-electron chi connectivity index (χ0n) is 12.9. The van der Waals surface area contributed by atoms with E-state index < -0.39 is 5.97 Å². The highest BCUT2D eigenvalue weighted by molar-refractivity contribution is 5.92. The molecule has 0 saturated heterocycles. The van der Waals surface area contributed by atoms with E-state index >= 15 is 0 Å². The number of nitrogens with zero attached hydrogens (tertiary/aromatic N) is 1. The molecule has 0 radical (unpaired) electrons. The quantitative estimate of drug-likeness (QED) is 0.811. The maximum absolute atomic E-state index is 12.3. The average molecular weight is 292 g/mol. The SMILES string of the molecule is CCN(C(=O)NCC(C)CCC(=O)O)c1ccccc1C. The summed E-state index contributed by atoms with van der Waals surface area (Å²) in [6.07, 6.45) is 0.693. The standard InChI is InChI=1S/C16H24N2O3/c1-4-18(14-8-6-5-7-13(14)3)16(21)17-11-12(2)9-10-15(19)20/h5-8,12H,4,9-11H2,1-3H3,(H,17,21)(H,19,20).